The van der Waals surface area contributed by atoms with Gasteiger partial charge < -0.3 is 0 Å². The number of aryl methyl sites for hydroxylation is 2. The highest BCUT2D eigenvalue weighted by Crippen LogP contribution is 2.13. The van der Waals surface area contributed by atoms with Crippen LogP contribution in [0.2, 0.25) is 0 Å². The Hall–Kier alpha value is -1.87. The van der Waals surface area contributed by atoms with Gasteiger partial charge in [0.25, 0.3) is 0 Å². The van der Waals surface area contributed by atoms with Crippen LogP contribution in [0.15, 0.2) is 49.3 Å². The fourth-order valence-electron chi connectivity index (χ4n) is 2.32. The zero-order chi connectivity index (χ0) is 14.4. The third-order valence-corrected chi connectivity index (χ3v) is 3.46. The van der Waals surface area contributed by atoms with Crippen molar-refractivity contribution in [2.45, 2.75) is 33.5 Å². The van der Waals surface area contributed by atoms with Gasteiger partial charge in [0.2, 0.25) is 0 Å². The van der Waals surface area contributed by atoms with Gasteiger partial charge in [0.05, 0.1) is 6.20 Å². The maximum Gasteiger partial charge on any atom is 0.0534 e. The van der Waals surface area contributed by atoms with E-state index < -0.39 is 0 Å². The molecule has 20 heavy (non-hydrogen) atoms. The van der Waals surface area contributed by atoms with Crippen molar-refractivity contribution in [2.24, 2.45) is 0 Å². The normalized spacial score (nSPS) is 10.9. The van der Waals surface area contributed by atoms with Crippen molar-refractivity contribution in [3.63, 3.8) is 0 Å². The predicted octanol–water partition coefficient (Wildman–Crippen LogP) is 3.40. The summed E-state index contributed by atoms with van der Waals surface area (Å²) in [5.41, 5.74) is 3.96. The highest BCUT2D eigenvalue weighted by molar-refractivity contribution is 5.25. The second-order valence-electron chi connectivity index (χ2n) is 5.09. The lowest BCUT2D eigenvalue weighted by Crippen LogP contribution is -2.23. The molecule has 1 aromatic heterocycles. The molecule has 0 aliphatic carbocycles. The van der Waals surface area contributed by atoms with E-state index in [4.69, 9.17) is 0 Å². The van der Waals surface area contributed by atoms with Crippen molar-refractivity contribution in [2.75, 3.05) is 6.54 Å². The molecular formula is C17H23N3. The van der Waals surface area contributed by atoms with Gasteiger partial charge in [-0.15, -0.1) is 6.58 Å². The fourth-order valence-corrected chi connectivity index (χ4v) is 2.32. The second kappa shape index (κ2) is 7.06. The van der Waals surface area contributed by atoms with E-state index in [1.807, 2.05) is 17.0 Å². The summed E-state index contributed by atoms with van der Waals surface area (Å²) in [5.74, 6) is 0. The summed E-state index contributed by atoms with van der Waals surface area (Å²) in [7, 11) is 0. The van der Waals surface area contributed by atoms with E-state index in [1.54, 1.807) is 0 Å². The van der Waals surface area contributed by atoms with Crippen LogP contribution in [0.4, 0.5) is 0 Å². The Morgan fingerprint density at radius 2 is 2.10 bits per heavy atom. The van der Waals surface area contributed by atoms with Crippen molar-refractivity contribution >= 4 is 0 Å². The Bertz CT molecular complexity index is 557. The van der Waals surface area contributed by atoms with Crippen LogP contribution in [-0.4, -0.2) is 21.2 Å². The Morgan fingerprint density at radius 3 is 2.75 bits per heavy atom. The highest BCUT2D eigenvalue weighted by atomic mass is 15.3. The molecule has 0 amide bonds. The number of hydrogen-bond donors (Lipinski definition) is 0. The first-order valence-electron chi connectivity index (χ1n) is 7.12. The lowest BCUT2D eigenvalue weighted by atomic mass is 10.1. The molecule has 0 aliphatic rings. The lowest BCUT2D eigenvalue weighted by Gasteiger charge is -2.21. The second-order valence-corrected chi connectivity index (χ2v) is 5.09. The summed E-state index contributed by atoms with van der Waals surface area (Å²) in [5, 5.41) is 4.34. The topological polar surface area (TPSA) is 21.1 Å². The molecule has 0 aliphatic heterocycles. The summed E-state index contributed by atoms with van der Waals surface area (Å²) in [6.07, 6.45) is 6.04. The van der Waals surface area contributed by atoms with Gasteiger partial charge in [-0.2, -0.15) is 5.10 Å². The molecule has 3 nitrogen and oxygen atoms in total. The Morgan fingerprint density at radius 1 is 1.30 bits per heavy atom. The van der Waals surface area contributed by atoms with Crippen molar-refractivity contribution in [1.82, 2.24) is 14.7 Å². The molecule has 0 bridgehead atoms. The van der Waals surface area contributed by atoms with Gasteiger partial charge in [-0.05, 0) is 25.0 Å². The van der Waals surface area contributed by atoms with E-state index in [0.717, 1.165) is 26.2 Å². The predicted molar refractivity (Wildman–Crippen MR) is 83.4 cm³/mol. The van der Waals surface area contributed by atoms with Crippen LogP contribution < -0.4 is 0 Å². The zero-order valence-electron chi connectivity index (χ0n) is 12.4. The van der Waals surface area contributed by atoms with Crippen molar-refractivity contribution in [1.29, 1.82) is 0 Å². The van der Waals surface area contributed by atoms with E-state index in [-0.39, 0.29) is 0 Å². The summed E-state index contributed by atoms with van der Waals surface area (Å²) in [6.45, 7) is 11.8. The minimum atomic E-state index is 0.881. The van der Waals surface area contributed by atoms with Crippen LogP contribution in [0, 0.1) is 6.92 Å². The standard InChI is InChI=1S/C17H23N3/c1-4-10-19(12-16-11-18-20(5-2)13-16)14-17-9-7-6-8-15(17)3/h4,6-9,11,13H,1,5,10,12,14H2,2-3H3. The molecule has 0 fully saturated rings. The summed E-state index contributed by atoms with van der Waals surface area (Å²) in [4.78, 5) is 2.38. The monoisotopic (exact) mass is 269 g/mol. The molecule has 0 atom stereocenters. The zero-order valence-corrected chi connectivity index (χ0v) is 12.4. The lowest BCUT2D eigenvalue weighted by molar-refractivity contribution is 0.285. The molecule has 0 saturated carbocycles. The first-order valence-corrected chi connectivity index (χ1v) is 7.12. The van der Waals surface area contributed by atoms with Gasteiger partial charge in [-0.25, -0.2) is 0 Å². The van der Waals surface area contributed by atoms with Gasteiger partial charge in [0.15, 0.2) is 0 Å². The minimum absolute atomic E-state index is 0.881. The smallest absolute Gasteiger partial charge is 0.0534 e. The van der Waals surface area contributed by atoms with Crippen LogP contribution in [0.1, 0.15) is 23.6 Å². The molecule has 106 valence electrons. The molecule has 2 rings (SSSR count). The number of hydrogen-bond acceptors (Lipinski definition) is 2. The fraction of sp³-hybridized carbons (Fsp3) is 0.353. The number of rotatable bonds is 7. The number of nitrogens with zero attached hydrogens (tertiary/aromatic N) is 3. The first-order chi connectivity index (χ1) is 9.72. The maximum atomic E-state index is 4.34. The van der Waals surface area contributed by atoms with Crippen molar-refractivity contribution in [3.8, 4) is 0 Å². The summed E-state index contributed by atoms with van der Waals surface area (Å²) in [6, 6.07) is 8.54. The molecule has 0 spiro atoms. The molecule has 0 unspecified atom stereocenters. The molecule has 0 N–H and O–H groups in total. The minimum Gasteiger partial charge on any atom is -0.291 e. The Kier molecular flexibility index (Phi) is 5.13. The molecule has 0 saturated heterocycles. The van der Waals surface area contributed by atoms with E-state index in [2.05, 4.69) is 60.9 Å². The number of benzene rings is 1. The average molecular weight is 269 g/mol. The van der Waals surface area contributed by atoms with Gasteiger partial charge in [0, 0.05) is 37.9 Å². The van der Waals surface area contributed by atoms with Gasteiger partial charge in [-0.1, -0.05) is 30.3 Å². The Labute approximate surface area is 121 Å². The quantitative estimate of drug-likeness (QED) is 0.718. The van der Waals surface area contributed by atoms with Crippen LogP contribution >= 0.6 is 0 Å². The Balaban J connectivity index is 2.07. The molecule has 1 heterocycles. The average Bonchev–Trinajstić information content (AvgIpc) is 2.89. The van der Waals surface area contributed by atoms with Crippen LogP contribution in [0.25, 0.3) is 0 Å². The van der Waals surface area contributed by atoms with Crippen molar-refractivity contribution < 1.29 is 0 Å². The molecular weight excluding hydrogens is 246 g/mol. The van der Waals surface area contributed by atoms with Gasteiger partial charge in [0.1, 0.15) is 0 Å². The molecule has 2 aromatic rings. The van der Waals surface area contributed by atoms with E-state index in [9.17, 15) is 0 Å². The summed E-state index contributed by atoms with van der Waals surface area (Å²) >= 11 is 0. The largest absolute Gasteiger partial charge is 0.291 e. The maximum absolute atomic E-state index is 4.34. The molecule has 1 aromatic carbocycles. The highest BCUT2D eigenvalue weighted by Gasteiger charge is 2.08. The van der Waals surface area contributed by atoms with Gasteiger partial charge in [-0.3, -0.25) is 9.58 Å². The van der Waals surface area contributed by atoms with Crippen LogP contribution in [-0.2, 0) is 19.6 Å². The molecule has 0 radical (unpaired) electrons. The number of aromatic nitrogens is 2. The molecule has 3 heteroatoms. The first kappa shape index (κ1) is 14.5. The van der Waals surface area contributed by atoms with Gasteiger partial charge >= 0.3 is 0 Å². The third kappa shape index (κ3) is 3.81. The van der Waals surface area contributed by atoms with E-state index in [1.165, 1.54) is 16.7 Å². The summed E-state index contributed by atoms with van der Waals surface area (Å²) < 4.78 is 1.97. The van der Waals surface area contributed by atoms with E-state index in [0.29, 0.717) is 0 Å². The van der Waals surface area contributed by atoms with Crippen LogP contribution in [0.5, 0.6) is 0 Å². The van der Waals surface area contributed by atoms with Crippen molar-refractivity contribution in [3.05, 3.63) is 66.0 Å². The third-order valence-electron chi connectivity index (χ3n) is 3.46. The van der Waals surface area contributed by atoms with E-state index >= 15 is 0 Å². The SMILES string of the molecule is C=CCN(Cc1cnn(CC)c1)Cc1ccccc1C. The van der Waals surface area contributed by atoms with Crippen LogP contribution in [0.3, 0.4) is 0 Å².